The third-order valence-corrected chi connectivity index (χ3v) is 3.90. The Morgan fingerprint density at radius 3 is 2.44 bits per heavy atom. The fourth-order valence-corrected chi connectivity index (χ4v) is 2.37. The highest BCUT2D eigenvalue weighted by molar-refractivity contribution is 14.1. The summed E-state index contributed by atoms with van der Waals surface area (Å²) in [5.74, 6) is 0. The number of hydrogen-bond acceptors (Lipinski definition) is 1. The van der Waals surface area contributed by atoms with Crippen molar-refractivity contribution in [3.05, 3.63) is 0 Å². The van der Waals surface area contributed by atoms with Gasteiger partial charge in [-0.2, -0.15) is 0 Å². The number of rotatable bonds is 1. The van der Waals surface area contributed by atoms with Gasteiger partial charge in [-0.25, -0.2) is 3.11 Å². The second-order valence-electron chi connectivity index (χ2n) is 2.83. The standard InChI is InChI=1S/C7H14IN/c1-3-7-5-4-6(2)9(7)8/h6-7H,3-5H2,1-2H3. The molecule has 0 aromatic heterocycles. The lowest BCUT2D eigenvalue weighted by atomic mass is 10.2. The van der Waals surface area contributed by atoms with Crippen LogP contribution in [0.25, 0.3) is 0 Å². The number of halogens is 1. The molecule has 0 N–H and O–H groups in total. The van der Waals surface area contributed by atoms with Crippen LogP contribution >= 0.6 is 22.9 Å². The largest absolute Gasteiger partial charge is 0.242 e. The molecule has 0 radical (unpaired) electrons. The molecule has 1 aliphatic heterocycles. The van der Waals surface area contributed by atoms with E-state index in [1.165, 1.54) is 19.3 Å². The molecule has 2 unspecified atom stereocenters. The van der Waals surface area contributed by atoms with Crippen molar-refractivity contribution in [1.82, 2.24) is 3.11 Å². The first-order chi connectivity index (χ1) is 4.25. The van der Waals surface area contributed by atoms with Crippen LogP contribution in [0.1, 0.15) is 33.1 Å². The summed E-state index contributed by atoms with van der Waals surface area (Å²) in [4.78, 5) is 0. The predicted molar refractivity (Wildman–Crippen MR) is 48.6 cm³/mol. The van der Waals surface area contributed by atoms with Gasteiger partial charge in [0.2, 0.25) is 0 Å². The molecule has 54 valence electrons. The van der Waals surface area contributed by atoms with Crippen molar-refractivity contribution in [3.8, 4) is 0 Å². The maximum absolute atomic E-state index is 2.47. The molecule has 1 aliphatic rings. The molecule has 0 bridgehead atoms. The minimum Gasteiger partial charge on any atom is -0.242 e. The Balaban J connectivity index is 2.41. The van der Waals surface area contributed by atoms with Gasteiger partial charge in [0.25, 0.3) is 0 Å². The summed E-state index contributed by atoms with van der Waals surface area (Å²) in [6, 6.07) is 1.68. The van der Waals surface area contributed by atoms with Crippen molar-refractivity contribution in [2.24, 2.45) is 0 Å². The van der Waals surface area contributed by atoms with Gasteiger partial charge in [-0.3, -0.25) is 0 Å². The van der Waals surface area contributed by atoms with Gasteiger partial charge in [0.05, 0.1) is 0 Å². The van der Waals surface area contributed by atoms with E-state index in [9.17, 15) is 0 Å². The zero-order valence-corrected chi connectivity index (χ0v) is 8.26. The lowest BCUT2D eigenvalue weighted by molar-refractivity contribution is 0.399. The molecule has 0 aliphatic carbocycles. The van der Waals surface area contributed by atoms with Crippen LogP contribution in [-0.4, -0.2) is 15.2 Å². The highest BCUT2D eigenvalue weighted by Gasteiger charge is 2.26. The SMILES string of the molecule is CCC1CCC(C)N1I. The Labute approximate surface area is 71.3 Å². The summed E-state index contributed by atoms with van der Waals surface area (Å²) in [5.41, 5.74) is 0. The second-order valence-corrected chi connectivity index (χ2v) is 3.95. The maximum Gasteiger partial charge on any atom is 0.0207 e. The Morgan fingerprint density at radius 1 is 1.56 bits per heavy atom. The topological polar surface area (TPSA) is 3.24 Å². The third-order valence-electron chi connectivity index (χ3n) is 2.16. The van der Waals surface area contributed by atoms with Crippen LogP contribution in [0.5, 0.6) is 0 Å². The van der Waals surface area contributed by atoms with E-state index >= 15 is 0 Å². The van der Waals surface area contributed by atoms with Crippen LogP contribution in [0.3, 0.4) is 0 Å². The van der Waals surface area contributed by atoms with Crippen molar-refractivity contribution < 1.29 is 0 Å². The van der Waals surface area contributed by atoms with E-state index in [0.29, 0.717) is 0 Å². The minimum atomic E-state index is 0.815. The minimum absolute atomic E-state index is 0.815. The van der Waals surface area contributed by atoms with Crippen LogP contribution in [0.15, 0.2) is 0 Å². The molecule has 0 aromatic carbocycles. The molecule has 1 saturated heterocycles. The van der Waals surface area contributed by atoms with E-state index in [4.69, 9.17) is 0 Å². The van der Waals surface area contributed by atoms with E-state index in [-0.39, 0.29) is 0 Å². The first kappa shape index (κ1) is 7.79. The average Bonchev–Trinajstić information content (AvgIpc) is 2.15. The van der Waals surface area contributed by atoms with Crippen LogP contribution in [0, 0.1) is 0 Å². The zero-order chi connectivity index (χ0) is 6.85. The van der Waals surface area contributed by atoms with Crippen LogP contribution in [-0.2, 0) is 0 Å². The first-order valence-electron chi connectivity index (χ1n) is 3.69. The molecule has 9 heavy (non-hydrogen) atoms. The highest BCUT2D eigenvalue weighted by atomic mass is 127. The maximum atomic E-state index is 2.47. The monoisotopic (exact) mass is 239 g/mol. The van der Waals surface area contributed by atoms with E-state index in [1.807, 2.05) is 0 Å². The van der Waals surface area contributed by atoms with Gasteiger partial charge in [-0.15, -0.1) is 0 Å². The lowest BCUT2D eigenvalue weighted by Crippen LogP contribution is -2.23. The quantitative estimate of drug-likeness (QED) is 0.502. The third kappa shape index (κ3) is 1.58. The summed E-state index contributed by atoms with van der Waals surface area (Å²) >= 11 is 2.45. The van der Waals surface area contributed by atoms with Crippen LogP contribution in [0.4, 0.5) is 0 Å². The Hall–Kier alpha value is 0.690. The van der Waals surface area contributed by atoms with Gasteiger partial charge in [0.15, 0.2) is 0 Å². The van der Waals surface area contributed by atoms with E-state index in [0.717, 1.165) is 12.1 Å². The molecule has 1 nitrogen and oxygen atoms in total. The molecular weight excluding hydrogens is 225 g/mol. The summed E-state index contributed by atoms with van der Waals surface area (Å²) in [6.45, 7) is 4.58. The first-order valence-corrected chi connectivity index (χ1v) is 4.66. The molecule has 1 rings (SSSR count). The molecule has 1 heterocycles. The van der Waals surface area contributed by atoms with Crippen molar-refractivity contribution in [2.45, 2.75) is 45.2 Å². The summed E-state index contributed by atoms with van der Waals surface area (Å²) in [6.07, 6.45) is 4.11. The summed E-state index contributed by atoms with van der Waals surface area (Å²) in [7, 11) is 0. The molecule has 1 fully saturated rings. The van der Waals surface area contributed by atoms with Gasteiger partial charge in [0.1, 0.15) is 0 Å². The average molecular weight is 239 g/mol. The normalized spacial score (nSPS) is 37.7. The van der Waals surface area contributed by atoms with Gasteiger partial charge < -0.3 is 0 Å². The second kappa shape index (κ2) is 3.19. The predicted octanol–water partition coefficient (Wildman–Crippen LogP) is 2.60. The van der Waals surface area contributed by atoms with E-state index in [1.54, 1.807) is 0 Å². The molecule has 0 saturated carbocycles. The van der Waals surface area contributed by atoms with E-state index < -0.39 is 0 Å². The zero-order valence-electron chi connectivity index (χ0n) is 6.10. The molecular formula is C7H14IN. The fraction of sp³-hybridized carbons (Fsp3) is 1.00. The smallest absolute Gasteiger partial charge is 0.0207 e. The van der Waals surface area contributed by atoms with Crippen molar-refractivity contribution >= 4 is 22.9 Å². The Bertz CT molecular complexity index is 94.9. The van der Waals surface area contributed by atoms with Gasteiger partial charge in [-0.1, -0.05) is 6.92 Å². The van der Waals surface area contributed by atoms with Gasteiger partial charge in [-0.05, 0) is 26.2 Å². The molecule has 2 atom stereocenters. The van der Waals surface area contributed by atoms with Gasteiger partial charge in [0, 0.05) is 34.9 Å². The van der Waals surface area contributed by atoms with Crippen molar-refractivity contribution in [1.29, 1.82) is 0 Å². The Kier molecular flexibility index (Phi) is 2.76. The summed E-state index contributed by atoms with van der Waals surface area (Å²) < 4.78 is 2.47. The summed E-state index contributed by atoms with van der Waals surface area (Å²) in [5, 5.41) is 0. The fourth-order valence-electron chi connectivity index (χ4n) is 1.42. The number of hydrogen-bond donors (Lipinski definition) is 0. The Morgan fingerprint density at radius 2 is 2.22 bits per heavy atom. The van der Waals surface area contributed by atoms with E-state index in [2.05, 4.69) is 39.8 Å². The van der Waals surface area contributed by atoms with Gasteiger partial charge >= 0.3 is 0 Å². The number of nitrogens with zero attached hydrogens (tertiary/aromatic N) is 1. The molecule has 0 amide bonds. The van der Waals surface area contributed by atoms with Crippen molar-refractivity contribution in [2.75, 3.05) is 0 Å². The van der Waals surface area contributed by atoms with Crippen LogP contribution in [0.2, 0.25) is 0 Å². The lowest BCUT2D eigenvalue weighted by Gasteiger charge is -2.18. The highest BCUT2D eigenvalue weighted by Crippen LogP contribution is 2.28. The van der Waals surface area contributed by atoms with Crippen molar-refractivity contribution in [3.63, 3.8) is 0 Å². The molecule has 2 heteroatoms. The molecule has 0 aromatic rings. The van der Waals surface area contributed by atoms with Crippen LogP contribution < -0.4 is 0 Å². The molecule has 0 spiro atoms.